The summed E-state index contributed by atoms with van der Waals surface area (Å²) < 4.78 is 0. The topological polar surface area (TPSA) is 70.9 Å². The van der Waals surface area contributed by atoms with Crippen molar-refractivity contribution in [2.45, 2.75) is 25.3 Å². The highest BCUT2D eigenvalue weighted by Gasteiger charge is 2.11. The first-order valence-corrected chi connectivity index (χ1v) is 8.36. The number of para-hydroxylation sites is 1. The minimum absolute atomic E-state index is 0.00489. The molecule has 0 saturated carbocycles. The lowest BCUT2D eigenvalue weighted by Crippen LogP contribution is -2.28. The van der Waals surface area contributed by atoms with Crippen molar-refractivity contribution < 1.29 is 4.79 Å². The summed E-state index contributed by atoms with van der Waals surface area (Å²) in [5, 5.41) is 4.22. The van der Waals surface area contributed by atoms with Gasteiger partial charge in [0.05, 0.1) is 0 Å². The second-order valence-corrected chi connectivity index (χ2v) is 6.03. The maximum atomic E-state index is 12.0. The number of aryl methyl sites for hydroxylation is 1. The molecule has 124 valence electrons. The molecule has 3 rings (SSSR count). The van der Waals surface area contributed by atoms with Gasteiger partial charge in [0.2, 0.25) is 5.91 Å². The van der Waals surface area contributed by atoms with Gasteiger partial charge in [0.15, 0.2) is 0 Å². The third-order valence-corrected chi connectivity index (χ3v) is 4.25. The van der Waals surface area contributed by atoms with E-state index in [1.165, 1.54) is 10.9 Å². The molecule has 0 radical (unpaired) electrons. The van der Waals surface area contributed by atoms with Crippen molar-refractivity contribution in [3.63, 3.8) is 0 Å². The lowest BCUT2D eigenvalue weighted by molar-refractivity contribution is -0.121. The van der Waals surface area contributed by atoms with Crippen molar-refractivity contribution in [1.29, 1.82) is 0 Å². The molecular weight excluding hydrogens is 298 g/mol. The lowest BCUT2D eigenvalue weighted by atomic mass is 10.0. The number of aromatic amines is 1. The average Bonchev–Trinajstić information content (AvgIpc) is 3.03. The number of hydrogen-bond acceptors (Lipinski definition) is 2. The van der Waals surface area contributed by atoms with E-state index < -0.39 is 0 Å². The van der Waals surface area contributed by atoms with Gasteiger partial charge in [0.1, 0.15) is 0 Å². The lowest BCUT2D eigenvalue weighted by Gasteiger charge is -2.12. The van der Waals surface area contributed by atoms with Crippen LogP contribution >= 0.6 is 0 Å². The SMILES string of the molecule is NC(CC(=O)NCCCc1c[nH]c2ccccc12)c1ccccc1. The molecule has 0 fully saturated rings. The van der Waals surface area contributed by atoms with E-state index in [-0.39, 0.29) is 11.9 Å². The van der Waals surface area contributed by atoms with Crippen LogP contribution in [0.25, 0.3) is 10.9 Å². The van der Waals surface area contributed by atoms with Gasteiger partial charge >= 0.3 is 0 Å². The number of aromatic nitrogens is 1. The molecule has 3 aromatic rings. The van der Waals surface area contributed by atoms with Crippen LogP contribution in [0.15, 0.2) is 60.8 Å². The molecule has 4 nitrogen and oxygen atoms in total. The zero-order valence-electron chi connectivity index (χ0n) is 13.7. The first-order chi connectivity index (χ1) is 11.7. The van der Waals surface area contributed by atoms with Crippen molar-refractivity contribution in [2.75, 3.05) is 6.54 Å². The number of carbonyl (C=O) groups excluding carboxylic acids is 1. The van der Waals surface area contributed by atoms with Crippen LogP contribution in [-0.2, 0) is 11.2 Å². The molecule has 24 heavy (non-hydrogen) atoms. The highest BCUT2D eigenvalue weighted by atomic mass is 16.1. The molecule has 1 atom stereocenters. The van der Waals surface area contributed by atoms with Crippen LogP contribution in [0.5, 0.6) is 0 Å². The Morgan fingerprint density at radius 2 is 1.83 bits per heavy atom. The third-order valence-electron chi connectivity index (χ3n) is 4.25. The third kappa shape index (κ3) is 4.03. The van der Waals surface area contributed by atoms with Crippen molar-refractivity contribution in [2.24, 2.45) is 5.73 Å². The fraction of sp³-hybridized carbons (Fsp3) is 0.250. The van der Waals surface area contributed by atoms with Crippen LogP contribution in [0, 0.1) is 0 Å². The quantitative estimate of drug-likeness (QED) is 0.584. The van der Waals surface area contributed by atoms with Crippen LogP contribution in [0.3, 0.4) is 0 Å². The minimum Gasteiger partial charge on any atom is -0.361 e. The van der Waals surface area contributed by atoms with Crippen molar-refractivity contribution in [3.05, 3.63) is 71.9 Å². The van der Waals surface area contributed by atoms with Crippen LogP contribution in [0.4, 0.5) is 0 Å². The van der Waals surface area contributed by atoms with Gasteiger partial charge in [-0.15, -0.1) is 0 Å². The van der Waals surface area contributed by atoms with E-state index in [0.717, 1.165) is 23.9 Å². The number of benzene rings is 2. The zero-order chi connectivity index (χ0) is 16.8. The number of H-pyrrole nitrogens is 1. The predicted molar refractivity (Wildman–Crippen MR) is 97.6 cm³/mol. The van der Waals surface area contributed by atoms with E-state index in [4.69, 9.17) is 5.73 Å². The standard InChI is InChI=1S/C20H23N3O/c21-18(15-7-2-1-3-8-15)13-20(24)22-12-6-9-16-14-23-19-11-5-4-10-17(16)19/h1-5,7-8,10-11,14,18,23H,6,9,12-13,21H2,(H,22,24). The molecule has 1 unspecified atom stereocenters. The fourth-order valence-corrected chi connectivity index (χ4v) is 2.94. The molecule has 1 aromatic heterocycles. The molecule has 4 heteroatoms. The maximum absolute atomic E-state index is 12.0. The summed E-state index contributed by atoms with van der Waals surface area (Å²) in [5.41, 5.74) is 9.52. The Labute approximate surface area is 142 Å². The van der Waals surface area contributed by atoms with Crippen LogP contribution in [0.2, 0.25) is 0 Å². The molecule has 0 aliphatic rings. The van der Waals surface area contributed by atoms with Gasteiger partial charge in [0.25, 0.3) is 0 Å². The zero-order valence-corrected chi connectivity index (χ0v) is 13.7. The van der Waals surface area contributed by atoms with Gasteiger partial charge in [-0.05, 0) is 30.0 Å². The molecule has 1 amide bonds. The van der Waals surface area contributed by atoms with E-state index in [0.29, 0.717) is 13.0 Å². The first-order valence-electron chi connectivity index (χ1n) is 8.36. The average molecular weight is 321 g/mol. The van der Waals surface area contributed by atoms with Gasteiger partial charge < -0.3 is 16.0 Å². The molecule has 0 aliphatic carbocycles. The number of fused-ring (bicyclic) bond motifs is 1. The van der Waals surface area contributed by atoms with Crippen molar-refractivity contribution in [1.82, 2.24) is 10.3 Å². The number of nitrogens with two attached hydrogens (primary N) is 1. The second-order valence-electron chi connectivity index (χ2n) is 6.03. The van der Waals surface area contributed by atoms with E-state index >= 15 is 0 Å². The van der Waals surface area contributed by atoms with Crippen molar-refractivity contribution in [3.8, 4) is 0 Å². The van der Waals surface area contributed by atoms with E-state index in [2.05, 4.69) is 28.6 Å². The van der Waals surface area contributed by atoms with Gasteiger partial charge in [-0.3, -0.25) is 4.79 Å². The minimum atomic E-state index is -0.250. The largest absolute Gasteiger partial charge is 0.361 e. The first kappa shape index (κ1) is 16.3. The Bertz CT molecular complexity index is 795. The number of nitrogens with one attached hydrogen (secondary N) is 2. The smallest absolute Gasteiger partial charge is 0.221 e. The molecule has 4 N–H and O–H groups in total. The molecular formula is C20H23N3O. The Hall–Kier alpha value is -2.59. The Balaban J connectivity index is 1.42. The summed E-state index contributed by atoms with van der Waals surface area (Å²) in [4.78, 5) is 15.3. The Morgan fingerprint density at radius 3 is 2.67 bits per heavy atom. The van der Waals surface area contributed by atoms with Gasteiger partial charge in [-0.2, -0.15) is 0 Å². The second kappa shape index (κ2) is 7.79. The summed E-state index contributed by atoms with van der Waals surface area (Å²) in [7, 11) is 0. The van der Waals surface area contributed by atoms with Gasteiger partial charge in [0, 0.05) is 36.1 Å². The highest BCUT2D eigenvalue weighted by Crippen LogP contribution is 2.18. The van der Waals surface area contributed by atoms with E-state index in [1.54, 1.807) is 0 Å². The number of carbonyl (C=O) groups is 1. The molecule has 1 heterocycles. The summed E-state index contributed by atoms with van der Waals surface area (Å²) in [6.07, 6.45) is 4.22. The summed E-state index contributed by atoms with van der Waals surface area (Å²) in [6, 6.07) is 17.8. The van der Waals surface area contributed by atoms with Gasteiger partial charge in [-0.1, -0.05) is 48.5 Å². The highest BCUT2D eigenvalue weighted by molar-refractivity contribution is 5.83. The van der Waals surface area contributed by atoms with E-state index in [9.17, 15) is 4.79 Å². The molecule has 2 aromatic carbocycles. The molecule has 0 bridgehead atoms. The van der Waals surface area contributed by atoms with Crippen LogP contribution < -0.4 is 11.1 Å². The summed E-state index contributed by atoms with van der Waals surface area (Å²) >= 11 is 0. The summed E-state index contributed by atoms with van der Waals surface area (Å²) in [5.74, 6) is 0.00489. The molecule has 0 aliphatic heterocycles. The van der Waals surface area contributed by atoms with Crippen molar-refractivity contribution >= 4 is 16.8 Å². The monoisotopic (exact) mass is 321 g/mol. The predicted octanol–water partition coefficient (Wildman–Crippen LogP) is 3.31. The maximum Gasteiger partial charge on any atom is 0.221 e. The molecule has 0 saturated heterocycles. The number of hydrogen-bond donors (Lipinski definition) is 3. The Kier molecular flexibility index (Phi) is 5.29. The number of rotatable bonds is 7. The normalized spacial score (nSPS) is 12.2. The Morgan fingerprint density at radius 1 is 1.08 bits per heavy atom. The molecule has 0 spiro atoms. The fourth-order valence-electron chi connectivity index (χ4n) is 2.94. The van der Waals surface area contributed by atoms with Crippen LogP contribution in [-0.4, -0.2) is 17.4 Å². The van der Waals surface area contributed by atoms with E-state index in [1.807, 2.05) is 42.5 Å². The van der Waals surface area contributed by atoms with Gasteiger partial charge in [-0.25, -0.2) is 0 Å². The van der Waals surface area contributed by atoms with Crippen LogP contribution in [0.1, 0.15) is 30.0 Å². The number of amides is 1. The summed E-state index contributed by atoms with van der Waals surface area (Å²) in [6.45, 7) is 0.667.